The summed E-state index contributed by atoms with van der Waals surface area (Å²) in [6.45, 7) is 9.50. The van der Waals surface area contributed by atoms with Gasteiger partial charge in [0.15, 0.2) is 5.00 Å². The Labute approximate surface area is 266 Å². The molecule has 0 aliphatic heterocycles. The van der Waals surface area contributed by atoms with Gasteiger partial charge in [0, 0.05) is 57.0 Å². The average Bonchev–Trinajstić information content (AvgIpc) is 3.82. The standard InChI is InChI=1S/C31H37N9O4S/c1-24-18-28(29(41-3)19-27(24)36-37-31-26(20-32)25(2)30(21-33)45-31)40(10-14-42-12-8-38-6-4-34-22-38)11-15-44-17-16-43-13-9-39-7-5-35-23-39/h4-7,18-19,22-23H,8-17H2,1-3H3/b37-36+. The van der Waals surface area contributed by atoms with Gasteiger partial charge in [-0.3, -0.25) is 0 Å². The number of aryl methyl sites for hydroxylation is 1. The Morgan fingerprint density at radius 2 is 1.47 bits per heavy atom. The molecular formula is C31H37N9O4S. The molecule has 0 unspecified atom stereocenters. The lowest BCUT2D eigenvalue weighted by molar-refractivity contribution is 0.0468. The van der Waals surface area contributed by atoms with Crippen molar-refractivity contribution in [3.63, 3.8) is 0 Å². The highest BCUT2D eigenvalue weighted by Gasteiger charge is 2.17. The number of ether oxygens (including phenoxy) is 4. The van der Waals surface area contributed by atoms with Gasteiger partial charge in [-0.25, -0.2) is 9.97 Å². The lowest BCUT2D eigenvalue weighted by Gasteiger charge is -2.27. The molecule has 0 N–H and O–H groups in total. The van der Waals surface area contributed by atoms with Gasteiger partial charge in [0.1, 0.15) is 22.8 Å². The zero-order valence-corrected chi connectivity index (χ0v) is 26.6. The quantitative estimate of drug-likeness (QED) is 0.101. The van der Waals surface area contributed by atoms with E-state index in [-0.39, 0.29) is 0 Å². The zero-order valence-electron chi connectivity index (χ0n) is 25.8. The highest BCUT2D eigenvalue weighted by Crippen LogP contribution is 2.38. The highest BCUT2D eigenvalue weighted by molar-refractivity contribution is 7.16. The van der Waals surface area contributed by atoms with E-state index in [2.05, 4.69) is 37.2 Å². The molecule has 45 heavy (non-hydrogen) atoms. The summed E-state index contributed by atoms with van der Waals surface area (Å²) in [5.74, 6) is 0.622. The van der Waals surface area contributed by atoms with Gasteiger partial charge in [-0.1, -0.05) is 0 Å². The molecule has 236 valence electrons. The minimum atomic E-state index is 0.365. The van der Waals surface area contributed by atoms with Crippen molar-refractivity contribution in [3.8, 4) is 17.9 Å². The molecule has 0 bridgehead atoms. The van der Waals surface area contributed by atoms with Crippen LogP contribution in [0.4, 0.5) is 16.4 Å². The van der Waals surface area contributed by atoms with E-state index in [1.54, 1.807) is 39.1 Å². The molecule has 0 radical (unpaired) electrons. The molecule has 0 spiro atoms. The molecule has 0 saturated heterocycles. The van der Waals surface area contributed by atoms with Crippen molar-refractivity contribution in [2.45, 2.75) is 26.9 Å². The predicted octanol–water partition coefficient (Wildman–Crippen LogP) is 5.18. The third kappa shape index (κ3) is 9.69. The molecule has 3 aromatic heterocycles. The SMILES string of the molecule is COc1cc(/N=N/c2sc(C#N)c(C)c2C#N)c(C)cc1N(CCOCCOCCn1ccnc1)CCOCCn1ccnc1. The summed E-state index contributed by atoms with van der Waals surface area (Å²) < 4.78 is 27.2. The lowest BCUT2D eigenvalue weighted by atomic mass is 10.1. The molecule has 0 atom stereocenters. The maximum atomic E-state index is 9.56. The first-order valence-corrected chi connectivity index (χ1v) is 15.3. The summed E-state index contributed by atoms with van der Waals surface area (Å²) in [5, 5.41) is 28.1. The van der Waals surface area contributed by atoms with Gasteiger partial charge in [-0.15, -0.1) is 21.6 Å². The number of methoxy groups -OCH3 is 1. The molecule has 0 aliphatic carbocycles. The van der Waals surface area contributed by atoms with Crippen molar-refractivity contribution in [1.29, 1.82) is 10.5 Å². The normalized spacial score (nSPS) is 11.1. The van der Waals surface area contributed by atoms with Crippen LogP contribution in [0.5, 0.6) is 5.75 Å². The van der Waals surface area contributed by atoms with Crippen LogP contribution in [0.2, 0.25) is 0 Å². The second-order valence-electron chi connectivity index (χ2n) is 9.90. The number of rotatable bonds is 19. The van der Waals surface area contributed by atoms with E-state index < -0.39 is 0 Å². The van der Waals surface area contributed by atoms with Crippen molar-refractivity contribution in [1.82, 2.24) is 19.1 Å². The number of thiophene rings is 1. The monoisotopic (exact) mass is 631 g/mol. The van der Waals surface area contributed by atoms with Crippen LogP contribution in [-0.2, 0) is 27.3 Å². The van der Waals surface area contributed by atoms with Crippen LogP contribution >= 0.6 is 11.3 Å². The molecule has 1 aromatic carbocycles. The number of benzene rings is 1. The van der Waals surface area contributed by atoms with Crippen LogP contribution in [0.25, 0.3) is 0 Å². The highest BCUT2D eigenvalue weighted by atomic mass is 32.1. The fraction of sp³-hybridized carbons (Fsp3) is 0.419. The van der Waals surface area contributed by atoms with E-state index in [1.807, 2.05) is 40.6 Å². The van der Waals surface area contributed by atoms with E-state index in [4.69, 9.17) is 18.9 Å². The summed E-state index contributed by atoms with van der Waals surface area (Å²) in [6.07, 6.45) is 10.8. The minimum Gasteiger partial charge on any atom is -0.495 e. The van der Waals surface area contributed by atoms with E-state index in [0.29, 0.717) is 85.2 Å². The molecule has 0 amide bonds. The van der Waals surface area contributed by atoms with Crippen molar-refractivity contribution < 1.29 is 18.9 Å². The lowest BCUT2D eigenvalue weighted by Crippen LogP contribution is -2.32. The largest absolute Gasteiger partial charge is 0.495 e. The first kappa shape index (κ1) is 33.3. The van der Waals surface area contributed by atoms with Crippen molar-refractivity contribution >= 4 is 27.7 Å². The van der Waals surface area contributed by atoms with Gasteiger partial charge in [0.05, 0.1) is 76.3 Å². The summed E-state index contributed by atoms with van der Waals surface area (Å²) in [6, 6.07) is 8.08. The van der Waals surface area contributed by atoms with E-state index in [1.165, 1.54) is 0 Å². The average molecular weight is 632 g/mol. The Hall–Kier alpha value is -4.60. The molecule has 14 heteroatoms. The molecule has 0 fully saturated rings. The predicted molar refractivity (Wildman–Crippen MR) is 170 cm³/mol. The molecule has 13 nitrogen and oxygen atoms in total. The van der Waals surface area contributed by atoms with Crippen LogP contribution in [0.15, 0.2) is 59.8 Å². The number of imidazole rings is 2. The fourth-order valence-corrected chi connectivity index (χ4v) is 5.27. The smallest absolute Gasteiger partial charge is 0.158 e. The van der Waals surface area contributed by atoms with Crippen molar-refractivity contribution in [3.05, 3.63) is 71.1 Å². The van der Waals surface area contributed by atoms with E-state index in [0.717, 1.165) is 35.7 Å². The number of azo groups is 1. The number of aromatic nitrogens is 4. The number of hydrogen-bond acceptors (Lipinski definition) is 12. The number of anilines is 1. The Morgan fingerprint density at radius 1 is 0.844 bits per heavy atom. The van der Waals surface area contributed by atoms with Gasteiger partial charge in [0.2, 0.25) is 0 Å². The van der Waals surface area contributed by atoms with Crippen LogP contribution in [-0.4, -0.2) is 78.9 Å². The fourth-order valence-electron chi connectivity index (χ4n) is 4.39. The van der Waals surface area contributed by atoms with Gasteiger partial charge in [-0.2, -0.15) is 10.5 Å². The molecule has 3 heterocycles. The summed E-state index contributed by atoms with van der Waals surface area (Å²) >= 11 is 1.15. The van der Waals surface area contributed by atoms with Crippen LogP contribution in [0, 0.1) is 36.5 Å². The maximum absolute atomic E-state index is 9.56. The third-order valence-electron chi connectivity index (χ3n) is 6.92. The summed E-state index contributed by atoms with van der Waals surface area (Å²) in [4.78, 5) is 10.7. The number of nitriles is 2. The van der Waals surface area contributed by atoms with Gasteiger partial charge in [-0.05, 0) is 31.0 Å². The molecule has 4 aromatic rings. The Balaban J connectivity index is 1.39. The van der Waals surface area contributed by atoms with Gasteiger partial charge < -0.3 is 33.0 Å². The summed E-state index contributed by atoms with van der Waals surface area (Å²) in [7, 11) is 1.61. The van der Waals surface area contributed by atoms with Crippen LogP contribution in [0.3, 0.4) is 0 Å². The Kier molecular flexibility index (Phi) is 13.0. The second-order valence-corrected chi connectivity index (χ2v) is 10.9. The second kappa shape index (κ2) is 17.6. The third-order valence-corrected chi connectivity index (χ3v) is 8.00. The topological polar surface area (TPSA) is 148 Å². The number of nitrogens with zero attached hydrogens (tertiary/aromatic N) is 9. The Bertz CT molecular complexity index is 1590. The minimum absolute atomic E-state index is 0.365. The first-order valence-electron chi connectivity index (χ1n) is 14.5. The van der Waals surface area contributed by atoms with Gasteiger partial charge in [0.25, 0.3) is 0 Å². The maximum Gasteiger partial charge on any atom is 0.158 e. The van der Waals surface area contributed by atoms with Crippen LogP contribution < -0.4 is 9.64 Å². The zero-order chi connectivity index (χ0) is 31.9. The molecule has 4 rings (SSSR count). The summed E-state index contributed by atoms with van der Waals surface area (Å²) in [5.41, 5.74) is 3.34. The van der Waals surface area contributed by atoms with Crippen molar-refractivity contribution in [2.24, 2.45) is 10.2 Å². The first-order chi connectivity index (χ1) is 22.0. The van der Waals surface area contributed by atoms with Gasteiger partial charge >= 0.3 is 0 Å². The van der Waals surface area contributed by atoms with E-state index >= 15 is 0 Å². The van der Waals surface area contributed by atoms with Crippen molar-refractivity contribution in [2.75, 3.05) is 64.7 Å². The molecular weight excluding hydrogens is 594 g/mol. The number of hydrogen-bond donors (Lipinski definition) is 0. The molecule has 0 aliphatic rings. The molecule has 0 saturated carbocycles. The van der Waals surface area contributed by atoms with Crippen LogP contribution in [0.1, 0.15) is 21.6 Å². The Morgan fingerprint density at radius 3 is 2.02 bits per heavy atom. The van der Waals surface area contributed by atoms with E-state index in [9.17, 15) is 10.5 Å².